The van der Waals surface area contributed by atoms with Crippen molar-refractivity contribution < 1.29 is 32.8 Å². The van der Waals surface area contributed by atoms with E-state index in [1.807, 2.05) is 0 Å². The third-order valence-corrected chi connectivity index (χ3v) is 7.72. The van der Waals surface area contributed by atoms with E-state index >= 15 is 0 Å². The summed E-state index contributed by atoms with van der Waals surface area (Å²) in [6, 6.07) is 0. The van der Waals surface area contributed by atoms with Gasteiger partial charge in [0.1, 0.15) is 11.1 Å². The number of carboxylic acids is 1. The fourth-order valence-electron chi connectivity index (χ4n) is 2.72. The number of carboxylic acid groups (broad SMARTS) is 1. The molecule has 0 aliphatic carbocycles. The molecule has 152 valence electrons. The van der Waals surface area contributed by atoms with E-state index in [0.29, 0.717) is 4.91 Å². The van der Waals surface area contributed by atoms with Crippen molar-refractivity contribution in [1.29, 1.82) is 0 Å². The summed E-state index contributed by atoms with van der Waals surface area (Å²) < 4.78 is 32.6. The van der Waals surface area contributed by atoms with Crippen molar-refractivity contribution in [3.63, 3.8) is 0 Å². The number of hydrogen-bond acceptors (Lipinski definition) is 10. The number of hydrogen-bond donors (Lipinski definition) is 3. The molecule has 1 amide bonds. The van der Waals surface area contributed by atoms with E-state index in [1.165, 1.54) is 13.8 Å². The first-order valence-electron chi connectivity index (χ1n) is 7.55. The minimum absolute atomic E-state index is 0. The average Bonchev–Trinajstić information content (AvgIpc) is 3.13. The maximum absolute atomic E-state index is 12.1. The van der Waals surface area contributed by atoms with Gasteiger partial charge in [0, 0.05) is 10.7 Å². The Morgan fingerprint density at radius 1 is 1.34 bits per heavy atom. The van der Waals surface area contributed by atoms with Gasteiger partial charge in [-0.25, -0.2) is 4.79 Å². The Hall–Kier alpha value is 0.320. The van der Waals surface area contributed by atoms with Crippen LogP contribution in [0.25, 0.3) is 0 Å². The number of carbonyl (C=O) groups excluding carboxylic acids is 1. The van der Waals surface area contributed by atoms with Crippen molar-refractivity contribution in [3.05, 3.63) is 10.6 Å². The number of amides is 1. The van der Waals surface area contributed by atoms with Gasteiger partial charge in [-0.2, -0.15) is 13.1 Å². The number of aliphatic carboxylic acids is 1. The Bertz CT molecular complexity index is 938. The maximum atomic E-state index is 12.1. The monoisotopic (exact) mass is 485 g/mol. The molecule has 29 heavy (non-hydrogen) atoms. The number of aliphatic hydroxyl groups is 1. The first kappa shape index (κ1) is 27.4. The number of carbonyl (C=O) groups is 2. The predicted molar refractivity (Wildman–Crippen MR) is 107 cm³/mol. The van der Waals surface area contributed by atoms with Crippen LogP contribution in [0.5, 0.6) is 0 Å². The molecular formula is C12H17N5Na2O7S3. The fraction of sp³-hybridized carbons (Fsp3) is 0.583. The van der Waals surface area contributed by atoms with Crippen molar-refractivity contribution in [2.24, 2.45) is 5.92 Å². The number of aliphatic hydroxyl groups excluding tert-OH is 1. The van der Waals surface area contributed by atoms with Gasteiger partial charge in [0.25, 0.3) is 10.1 Å². The van der Waals surface area contributed by atoms with E-state index in [9.17, 15) is 28.2 Å². The zero-order chi connectivity index (χ0) is 20.1. The van der Waals surface area contributed by atoms with Crippen LogP contribution in [0.3, 0.4) is 0 Å². The summed E-state index contributed by atoms with van der Waals surface area (Å²) in [6.45, 7) is 2.67. The molecule has 3 N–H and O–H groups in total. The molecule has 1 fully saturated rings. The van der Waals surface area contributed by atoms with Crippen LogP contribution in [-0.2, 0) is 19.7 Å². The summed E-state index contributed by atoms with van der Waals surface area (Å²) in [7, 11) is -4.43. The predicted octanol–water partition coefficient (Wildman–Crippen LogP) is -1.92. The molecule has 1 aromatic rings. The van der Waals surface area contributed by atoms with Crippen molar-refractivity contribution in [2.75, 3.05) is 5.75 Å². The molecule has 4 atom stereocenters. The molecular weight excluding hydrogens is 468 g/mol. The number of thioether (sulfide) groups is 2. The van der Waals surface area contributed by atoms with Gasteiger partial charge < -0.3 is 10.2 Å². The summed E-state index contributed by atoms with van der Waals surface area (Å²) >= 11 is 2.12. The van der Waals surface area contributed by atoms with Crippen molar-refractivity contribution in [2.45, 2.75) is 35.9 Å². The Kier molecular flexibility index (Phi) is 9.71. The number of tetrazole rings is 1. The Morgan fingerprint density at radius 3 is 2.48 bits per heavy atom. The van der Waals surface area contributed by atoms with Gasteiger partial charge in [-0.1, -0.05) is 11.8 Å². The molecule has 0 aromatic carbocycles. The second kappa shape index (κ2) is 10.3. The number of aromatic nitrogens is 4. The topological polar surface area (TPSA) is 176 Å². The number of rotatable bonds is 7. The second-order valence-electron chi connectivity index (χ2n) is 5.87. The van der Waals surface area contributed by atoms with Crippen molar-refractivity contribution in [3.8, 4) is 0 Å². The molecule has 12 nitrogen and oxygen atoms in total. The van der Waals surface area contributed by atoms with Crippen molar-refractivity contribution in [1.82, 2.24) is 25.1 Å². The van der Waals surface area contributed by atoms with E-state index in [-0.39, 0.29) is 75.7 Å². The molecule has 17 heteroatoms. The van der Waals surface area contributed by atoms with Crippen LogP contribution in [0.1, 0.15) is 19.2 Å². The van der Waals surface area contributed by atoms with E-state index < -0.39 is 44.8 Å². The molecule has 1 aromatic heterocycles. The first-order chi connectivity index (χ1) is 12.5. The normalized spacial score (nSPS) is 22.9. The van der Waals surface area contributed by atoms with Gasteiger partial charge in [0.2, 0.25) is 11.1 Å². The zero-order valence-electron chi connectivity index (χ0n) is 14.0. The molecule has 2 unspecified atom stereocenters. The summed E-state index contributed by atoms with van der Waals surface area (Å²) in [6.07, 6.45) is -0.906. The average molecular weight is 485 g/mol. The SMILES string of the molecule is CC(O)[C@H]1C(=O)N2C(C(=O)O)=C(CSc3nnnn3C(C)S(=O)(=O)O)S[C@H]12.[NaH].[NaH]. The minimum atomic E-state index is -4.43. The van der Waals surface area contributed by atoms with E-state index in [2.05, 4.69) is 15.5 Å². The molecule has 2 aliphatic rings. The van der Waals surface area contributed by atoms with Crippen molar-refractivity contribution >= 4 is 105 Å². The van der Waals surface area contributed by atoms with Gasteiger partial charge in [0.05, 0.1) is 12.0 Å². The van der Waals surface area contributed by atoms with Crippen LogP contribution in [0.4, 0.5) is 0 Å². The molecule has 0 saturated carbocycles. The van der Waals surface area contributed by atoms with Gasteiger partial charge in [0.15, 0.2) is 5.37 Å². The standard InChI is InChI=1S/C12H15N5O7S3.2Na.2H/c1-4(18)7-9(19)16-8(11(20)21)6(26-10(7)16)3-25-12-13-14-15-17(12)5(2)27(22,23)24;;;;/h4-5,7,10,18H,3H2,1-2H3,(H,20,21)(H,22,23,24);;;;/t4?,5?,7-,10+;;;;/m0..../s1. The van der Waals surface area contributed by atoms with Gasteiger partial charge in [-0.15, -0.1) is 16.9 Å². The van der Waals surface area contributed by atoms with Gasteiger partial charge in [-0.3, -0.25) is 14.2 Å². The van der Waals surface area contributed by atoms with E-state index in [0.717, 1.165) is 33.1 Å². The molecule has 0 radical (unpaired) electrons. The summed E-state index contributed by atoms with van der Waals surface area (Å²) in [5, 5.41) is 27.9. The van der Waals surface area contributed by atoms with E-state index in [4.69, 9.17) is 4.55 Å². The summed E-state index contributed by atoms with van der Waals surface area (Å²) in [5.41, 5.74) is -0.166. The Morgan fingerprint density at radius 2 is 1.97 bits per heavy atom. The third-order valence-electron chi connectivity index (χ3n) is 4.15. The molecule has 0 spiro atoms. The quantitative estimate of drug-likeness (QED) is 0.169. The van der Waals surface area contributed by atoms with Gasteiger partial charge >= 0.3 is 65.1 Å². The van der Waals surface area contributed by atoms with Crippen LogP contribution < -0.4 is 0 Å². The van der Waals surface area contributed by atoms with Crippen LogP contribution in [-0.4, -0.2) is 137 Å². The second-order valence-corrected chi connectivity index (χ2v) is 9.74. The molecule has 2 aliphatic heterocycles. The molecule has 3 rings (SSSR count). The summed E-state index contributed by atoms with van der Waals surface area (Å²) in [5.74, 6) is -2.34. The number of nitrogens with zero attached hydrogens (tertiary/aromatic N) is 5. The summed E-state index contributed by atoms with van der Waals surface area (Å²) in [4.78, 5) is 25.3. The van der Waals surface area contributed by atoms with Crippen LogP contribution >= 0.6 is 23.5 Å². The molecule has 0 bridgehead atoms. The van der Waals surface area contributed by atoms with Crippen LogP contribution in [0.15, 0.2) is 15.8 Å². The molecule has 3 heterocycles. The van der Waals surface area contributed by atoms with E-state index in [1.54, 1.807) is 0 Å². The number of fused-ring (bicyclic) bond motifs is 1. The number of β-lactam (4-membered cyclic amide) rings is 1. The van der Waals surface area contributed by atoms with Crippen LogP contribution in [0.2, 0.25) is 0 Å². The molecule has 1 saturated heterocycles. The fourth-order valence-corrected chi connectivity index (χ4v) is 5.84. The first-order valence-corrected chi connectivity index (χ1v) is 10.9. The Labute approximate surface area is 218 Å². The van der Waals surface area contributed by atoms with Crippen LogP contribution in [0, 0.1) is 5.92 Å². The third kappa shape index (κ3) is 5.22. The van der Waals surface area contributed by atoms with Gasteiger partial charge in [-0.05, 0) is 24.3 Å². The zero-order valence-corrected chi connectivity index (χ0v) is 16.4. The Balaban J connectivity index is 0.00000210.